The third-order valence-corrected chi connectivity index (χ3v) is 2.54. The van der Waals surface area contributed by atoms with Gasteiger partial charge in [0.2, 0.25) is 0 Å². The second kappa shape index (κ2) is 5.19. The summed E-state index contributed by atoms with van der Waals surface area (Å²) in [5.74, 6) is 0.620. The van der Waals surface area contributed by atoms with Gasteiger partial charge in [-0.05, 0) is 29.8 Å². The number of nitrogens with zero attached hydrogens (tertiary/aromatic N) is 2. The first-order valence-electron chi connectivity index (χ1n) is 5.47. The van der Waals surface area contributed by atoms with Crippen molar-refractivity contribution in [2.45, 2.75) is 6.61 Å². The Morgan fingerprint density at radius 3 is 2.89 bits per heavy atom. The van der Waals surface area contributed by atoms with Crippen LogP contribution >= 0.6 is 0 Å². The molecule has 18 heavy (non-hydrogen) atoms. The second-order valence-corrected chi connectivity index (χ2v) is 3.91. The lowest BCUT2D eigenvalue weighted by Crippen LogP contribution is -2.15. The number of aryl methyl sites for hydroxylation is 1. The largest absolute Gasteiger partial charge is 0.489 e. The van der Waals surface area contributed by atoms with E-state index in [0.717, 1.165) is 5.56 Å². The molecule has 1 heterocycles. The first-order valence-corrected chi connectivity index (χ1v) is 5.47. The van der Waals surface area contributed by atoms with E-state index in [1.54, 1.807) is 37.5 Å². The molecule has 4 nitrogen and oxygen atoms in total. The van der Waals surface area contributed by atoms with Gasteiger partial charge in [-0.15, -0.1) is 0 Å². The van der Waals surface area contributed by atoms with Gasteiger partial charge in [-0.3, -0.25) is 4.79 Å². The standard InChI is InChI=1S/C14H12N2O2/c1-16-6-5-12(8-14(16)17)10-18-13-4-2-3-11(7-13)9-15/h2-8H,10H2,1H3. The van der Waals surface area contributed by atoms with E-state index < -0.39 is 0 Å². The van der Waals surface area contributed by atoms with Crippen molar-refractivity contribution in [1.29, 1.82) is 5.26 Å². The fraction of sp³-hybridized carbons (Fsp3) is 0.143. The molecule has 2 rings (SSSR count). The molecule has 0 bridgehead atoms. The summed E-state index contributed by atoms with van der Waals surface area (Å²) >= 11 is 0. The van der Waals surface area contributed by atoms with Crippen LogP contribution in [0.3, 0.4) is 0 Å². The number of hydrogen-bond acceptors (Lipinski definition) is 3. The molecule has 0 aliphatic carbocycles. The molecule has 0 aliphatic heterocycles. The molecular weight excluding hydrogens is 228 g/mol. The molecule has 0 spiro atoms. The highest BCUT2D eigenvalue weighted by Crippen LogP contribution is 2.14. The Morgan fingerprint density at radius 2 is 2.17 bits per heavy atom. The normalized spacial score (nSPS) is 9.78. The van der Waals surface area contributed by atoms with Gasteiger partial charge in [0, 0.05) is 19.3 Å². The van der Waals surface area contributed by atoms with Gasteiger partial charge < -0.3 is 9.30 Å². The lowest BCUT2D eigenvalue weighted by molar-refractivity contribution is 0.305. The highest BCUT2D eigenvalue weighted by Gasteiger charge is 1.99. The third kappa shape index (κ3) is 2.77. The summed E-state index contributed by atoms with van der Waals surface area (Å²) < 4.78 is 7.03. The molecule has 0 amide bonds. The molecule has 0 N–H and O–H groups in total. The first kappa shape index (κ1) is 11.9. The minimum absolute atomic E-state index is 0.0677. The van der Waals surface area contributed by atoms with Crippen LogP contribution in [-0.4, -0.2) is 4.57 Å². The van der Waals surface area contributed by atoms with Crippen LogP contribution in [0, 0.1) is 11.3 Å². The zero-order valence-corrected chi connectivity index (χ0v) is 9.96. The Morgan fingerprint density at radius 1 is 1.33 bits per heavy atom. The molecule has 0 atom stereocenters. The fourth-order valence-corrected chi connectivity index (χ4v) is 1.50. The van der Waals surface area contributed by atoms with Crippen LogP contribution < -0.4 is 10.3 Å². The molecule has 1 aromatic heterocycles. The lowest BCUT2D eigenvalue weighted by atomic mass is 10.2. The van der Waals surface area contributed by atoms with Crippen molar-refractivity contribution >= 4 is 0 Å². The Kier molecular flexibility index (Phi) is 3.44. The summed E-state index contributed by atoms with van der Waals surface area (Å²) in [6.07, 6.45) is 1.70. The van der Waals surface area contributed by atoms with Crippen LogP contribution in [0.5, 0.6) is 5.75 Å². The van der Waals surface area contributed by atoms with Crippen molar-refractivity contribution in [1.82, 2.24) is 4.57 Å². The van der Waals surface area contributed by atoms with E-state index in [9.17, 15) is 4.79 Å². The highest BCUT2D eigenvalue weighted by atomic mass is 16.5. The minimum Gasteiger partial charge on any atom is -0.489 e. The summed E-state index contributed by atoms with van der Waals surface area (Å²) in [5.41, 5.74) is 1.29. The summed E-state index contributed by atoms with van der Waals surface area (Å²) in [7, 11) is 1.70. The zero-order valence-electron chi connectivity index (χ0n) is 9.96. The Hall–Kier alpha value is -2.54. The predicted molar refractivity (Wildman–Crippen MR) is 67.2 cm³/mol. The number of pyridine rings is 1. The molecule has 0 saturated heterocycles. The summed E-state index contributed by atoms with van der Waals surface area (Å²) in [4.78, 5) is 11.4. The molecule has 90 valence electrons. The van der Waals surface area contributed by atoms with Crippen molar-refractivity contribution < 1.29 is 4.74 Å². The smallest absolute Gasteiger partial charge is 0.250 e. The number of aromatic nitrogens is 1. The van der Waals surface area contributed by atoms with Gasteiger partial charge in [0.25, 0.3) is 5.56 Å². The SMILES string of the molecule is Cn1ccc(COc2cccc(C#N)c2)cc1=O. The number of hydrogen-bond donors (Lipinski definition) is 0. The molecular formula is C14H12N2O2. The van der Waals surface area contributed by atoms with Crippen LogP contribution in [-0.2, 0) is 13.7 Å². The van der Waals surface area contributed by atoms with E-state index >= 15 is 0 Å². The lowest BCUT2D eigenvalue weighted by Gasteiger charge is -2.06. The zero-order chi connectivity index (χ0) is 13.0. The number of benzene rings is 1. The van der Waals surface area contributed by atoms with Crippen molar-refractivity contribution in [3.63, 3.8) is 0 Å². The molecule has 0 aliphatic rings. The highest BCUT2D eigenvalue weighted by molar-refractivity contribution is 5.36. The van der Waals surface area contributed by atoms with Crippen molar-refractivity contribution in [3.8, 4) is 11.8 Å². The number of nitriles is 1. The van der Waals surface area contributed by atoms with Crippen molar-refractivity contribution in [2.24, 2.45) is 7.05 Å². The number of rotatable bonds is 3. The quantitative estimate of drug-likeness (QED) is 0.822. The third-order valence-electron chi connectivity index (χ3n) is 2.54. The molecule has 0 unspecified atom stereocenters. The molecule has 2 aromatic rings. The fourth-order valence-electron chi connectivity index (χ4n) is 1.50. The summed E-state index contributed by atoms with van der Waals surface area (Å²) in [6, 6.07) is 12.3. The van der Waals surface area contributed by atoms with Crippen molar-refractivity contribution in [2.75, 3.05) is 0 Å². The second-order valence-electron chi connectivity index (χ2n) is 3.91. The van der Waals surface area contributed by atoms with E-state index in [2.05, 4.69) is 0 Å². The summed E-state index contributed by atoms with van der Waals surface area (Å²) in [5, 5.41) is 8.76. The molecule has 0 saturated carbocycles. The minimum atomic E-state index is -0.0677. The van der Waals surface area contributed by atoms with Crippen LogP contribution in [0.1, 0.15) is 11.1 Å². The van der Waals surface area contributed by atoms with Gasteiger partial charge in [-0.25, -0.2) is 0 Å². The van der Waals surface area contributed by atoms with E-state index in [4.69, 9.17) is 10.00 Å². The predicted octanol–water partition coefficient (Wildman–Crippen LogP) is 1.84. The Balaban J connectivity index is 2.09. The maximum absolute atomic E-state index is 11.4. The molecule has 0 fully saturated rings. The van der Waals surface area contributed by atoms with Crippen LogP contribution in [0.15, 0.2) is 47.4 Å². The molecule has 1 aromatic carbocycles. The average Bonchev–Trinajstić information content (AvgIpc) is 2.40. The molecule has 4 heteroatoms. The average molecular weight is 240 g/mol. The number of ether oxygens (including phenoxy) is 1. The van der Waals surface area contributed by atoms with E-state index in [-0.39, 0.29) is 5.56 Å². The van der Waals surface area contributed by atoms with Crippen LogP contribution in [0.2, 0.25) is 0 Å². The van der Waals surface area contributed by atoms with Gasteiger partial charge in [-0.2, -0.15) is 5.26 Å². The van der Waals surface area contributed by atoms with Gasteiger partial charge in [-0.1, -0.05) is 6.07 Å². The maximum atomic E-state index is 11.4. The topological polar surface area (TPSA) is 55.0 Å². The summed E-state index contributed by atoms with van der Waals surface area (Å²) in [6.45, 7) is 0.310. The maximum Gasteiger partial charge on any atom is 0.250 e. The van der Waals surface area contributed by atoms with Gasteiger partial charge >= 0.3 is 0 Å². The van der Waals surface area contributed by atoms with Gasteiger partial charge in [0.05, 0.1) is 11.6 Å². The van der Waals surface area contributed by atoms with Crippen LogP contribution in [0.4, 0.5) is 0 Å². The van der Waals surface area contributed by atoms with Gasteiger partial charge in [0.15, 0.2) is 0 Å². The van der Waals surface area contributed by atoms with Crippen LogP contribution in [0.25, 0.3) is 0 Å². The monoisotopic (exact) mass is 240 g/mol. The molecule has 0 radical (unpaired) electrons. The van der Waals surface area contributed by atoms with Gasteiger partial charge in [0.1, 0.15) is 12.4 Å². The van der Waals surface area contributed by atoms with E-state index in [1.807, 2.05) is 12.1 Å². The van der Waals surface area contributed by atoms with E-state index in [0.29, 0.717) is 17.9 Å². The Bertz CT molecular complexity index is 653. The first-order chi connectivity index (χ1) is 8.69. The van der Waals surface area contributed by atoms with Crippen molar-refractivity contribution in [3.05, 3.63) is 64.1 Å². The Labute approximate surface area is 105 Å². The van der Waals surface area contributed by atoms with E-state index in [1.165, 1.54) is 10.6 Å².